The molecule has 0 saturated heterocycles. The fourth-order valence-corrected chi connectivity index (χ4v) is 3.05. The van der Waals surface area contributed by atoms with Crippen LogP contribution in [0.2, 0.25) is 0 Å². The van der Waals surface area contributed by atoms with Crippen LogP contribution < -0.4 is 0 Å². The Bertz CT molecular complexity index is 312. The van der Waals surface area contributed by atoms with Gasteiger partial charge in [-0.3, -0.25) is 0 Å². The summed E-state index contributed by atoms with van der Waals surface area (Å²) in [5, 5.41) is 0. The normalized spacial score (nSPS) is 17.4. The second-order valence-corrected chi connectivity index (χ2v) is 8.11. The minimum absolute atomic E-state index is 0.737. The number of hydrogen-bond donors (Lipinski definition) is 0. The summed E-state index contributed by atoms with van der Waals surface area (Å²) in [6.45, 7) is 14.1. The van der Waals surface area contributed by atoms with Crippen LogP contribution in [-0.2, 0) is 0 Å². The van der Waals surface area contributed by atoms with Crippen molar-refractivity contribution in [2.24, 2.45) is 23.7 Å². The summed E-state index contributed by atoms with van der Waals surface area (Å²) in [6.07, 6.45) is 23.0. The zero-order valence-electron chi connectivity index (χ0n) is 17.7. The van der Waals surface area contributed by atoms with E-state index >= 15 is 0 Å². The van der Waals surface area contributed by atoms with Crippen LogP contribution in [0.25, 0.3) is 0 Å². The maximum atomic E-state index is 2.44. The highest BCUT2D eigenvalue weighted by Crippen LogP contribution is 2.22. The summed E-state index contributed by atoms with van der Waals surface area (Å²) < 4.78 is 0. The molecular formula is C24H46. The molecule has 0 heterocycles. The Morgan fingerprint density at radius 3 is 2.04 bits per heavy atom. The van der Waals surface area contributed by atoms with Crippen molar-refractivity contribution in [2.45, 2.75) is 106 Å². The molecule has 0 nitrogen and oxygen atoms in total. The molecule has 142 valence electrons. The van der Waals surface area contributed by atoms with Crippen molar-refractivity contribution in [2.75, 3.05) is 0 Å². The Balaban J connectivity index is 3.65. The van der Waals surface area contributed by atoms with Gasteiger partial charge in [0.05, 0.1) is 0 Å². The van der Waals surface area contributed by atoms with Gasteiger partial charge >= 0.3 is 0 Å². The first kappa shape index (κ1) is 23.5. The molecule has 0 heteroatoms. The van der Waals surface area contributed by atoms with Crippen LogP contribution in [0.15, 0.2) is 24.3 Å². The van der Waals surface area contributed by atoms with E-state index in [0.29, 0.717) is 0 Å². The van der Waals surface area contributed by atoms with E-state index < -0.39 is 0 Å². The molecule has 0 N–H and O–H groups in total. The summed E-state index contributed by atoms with van der Waals surface area (Å²) in [4.78, 5) is 0. The molecule has 24 heavy (non-hydrogen) atoms. The van der Waals surface area contributed by atoms with E-state index in [1.807, 2.05) is 0 Å². The zero-order valence-corrected chi connectivity index (χ0v) is 17.7. The number of rotatable bonds is 15. The average molecular weight is 335 g/mol. The third kappa shape index (κ3) is 12.8. The Morgan fingerprint density at radius 2 is 1.38 bits per heavy atom. The summed E-state index contributed by atoms with van der Waals surface area (Å²) in [5.74, 6) is 3.25. The smallest absolute Gasteiger partial charge is 0.0236 e. The summed E-state index contributed by atoms with van der Waals surface area (Å²) in [6, 6.07) is 0. The first-order valence-corrected chi connectivity index (χ1v) is 10.8. The molecule has 0 bridgehead atoms. The standard InChI is InChI=1S/C24H46/c1-7-9-10-12-15-19-23(5)24(6)20-17-14-11-13-16-18-22(4)21(3)8-2/h12,15-16,18,21-24H,7-11,13-14,17,19-20H2,1-6H3. The van der Waals surface area contributed by atoms with E-state index in [1.165, 1.54) is 64.2 Å². The van der Waals surface area contributed by atoms with Crippen LogP contribution >= 0.6 is 0 Å². The highest BCUT2D eigenvalue weighted by atomic mass is 14.2. The van der Waals surface area contributed by atoms with E-state index in [2.05, 4.69) is 65.8 Å². The van der Waals surface area contributed by atoms with Crippen LogP contribution in [0, 0.1) is 23.7 Å². The molecule has 0 amide bonds. The summed E-state index contributed by atoms with van der Waals surface area (Å²) in [7, 11) is 0. The molecule has 0 radical (unpaired) electrons. The molecule has 4 unspecified atom stereocenters. The highest BCUT2D eigenvalue weighted by Gasteiger charge is 2.10. The molecule has 0 aromatic rings. The lowest BCUT2D eigenvalue weighted by Crippen LogP contribution is -2.07. The van der Waals surface area contributed by atoms with Crippen molar-refractivity contribution < 1.29 is 0 Å². The van der Waals surface area contributed by atoms with Crippen molar-refractivity contribution in [1.29, 1.82) is 0 Å². The first-order valence-electron chi connectivity index (χ1n) is 10.8. The van der Waals surface area contributed by atoms with Gasteiger partial charge in [-0.2, -0.15) is 0 Å². The Labute approximate surface area is 154 Å². The highest BCUT2D eigenvalue weighted by molar-refractivity contribution is 4.88. The predicted molar refractivity (Wildman–Crippen MR) is 112 cm³/mol. The molecule has 0 aromatic heterocycles. The molecule has 0 saturated carbocycles. The van der Waals surface area contributed by atoms with E-state index in [4.69, 9.17) is 0 Å². The molecule has 4 atom stereocenters. The van der Waals surface area contributed by atoms with Gasteiger partial charge < -0.3 is 0 Å². The Morgan fingerprint density at radius 1 is 0.667 bits per heavy atom. The Hall–Kier alpha value is -0.520. The second kappa shape index (κ2) is 16.0. The molecule has 0 aliphatic heterocycles. The van der Waals surface area contributed by atoms with Crippen LogP contribution in [0.5, 0.6) is 0 Å². The summed E-state index contributed by atoms with van der Waals surface area (Å²) in [5.41, 5.74) is 0. The fourth-order valence-electron chi connectivity index (χ4n) is 3.05. The van der Waals surface area contributed by atoms with Crippen LogP contribution in [0.4, 0.5) is 0 Å². The number of hydrogen-bond acceptors (Lipinski definition) is 0. The van der Waals surface area contributed by atoms with E-state index in [1.54, 1.807) is 0 Å². The van der Waals surface area contributed by atoms with Gasteiger partial charge in [-0.05, 0) is 49.4 Å². The van der Waals surface area contributed by atoms with Crippen molar-refractivity contribution >= 4 is 0 Å². The number of allylic oxidation sites excluding steroid dienone is 4. The van der Waals surface area contributed by atoms with Gasteiger partial charge in [0.15, 0.2) is 0 Å². The van der Waals surface area contributed by atoms with E-state index in [9.17, 15) is 0 Å². The topological polar surface area (TPSA) is 0 Å². The first-order chi connectivity index (χ1) is 11.5. The van der Waals surface area contributed by atoms with E-state index in [0.717, 1.165) is 23.7 Å². The van der Waals surface area contributed by atoms with E-state index in [-0.39, 0.29) is 0 Å². The van der Waals surface area contributed by atoms with Crippen molar-refractivity contribution in [3.8, 4) is 0 Å². The lowest BCUT2D eigenvalue weighted by molar-refractivity contribution is 0.354. The third-order valence-corrected chi connectivity index (χ3v) is 5.88. The van der Waals surface area contributed by atoms with Gasteiger partial charge in [0.25, 0.3) is 0 Å². The van der Waals surface area contributed by atoms with Crippen molar-refractivity contribution in [3.05, 3.63) is 24.3 Å². The van der Waals surface area contributed by atoms with Crippen LogP contribution in [-0.4, -0.2) is 0 Å². The maximum Gasteiger partial charge on any atom is -0.0236 e. The van der Waals surface area contributed by atoms with Crippen LogP contribution in [0.3, 0.4) is 0 Å². The minimum Gasteiger partial charge on any atom is -0.0885 e. The molecule has 0 spiro atoms. The van der Waals surface area contributed by atoms with Crippen molar-refractivity contribution in [1.82, 2.24) is 0 Å². The lowest BCUT2D eigenvalue weighted by atomic mass is 9.88. The van der Waals surface area contributed by atoms with Gasteiger partial charge in [-0.1, -0.05) is 104 Å². The number of unbranched alkanes of at least 4 members (excludes halogenated alkanes) is 5. The molecule has 0 aliphatic carbocycles. The van der Waals surface area contributed by atoms with Gasteiger partial charge in [-0.25, -0.2) is 0 Å². The molecular weight excluding hydrogens is 288 g/mol. The quantitative estimate of drug-likeness (QED) is 0.208. The monoisotopic (exact) mass is 334 g/mol. The average Bonchev–Trinajstić information content (AvgIpc) is 2.59. The van der Waals surface area contributed by atoms with Crippen LogP contribution in [0.1, 0.15) is 106 Å². The fraction of sp³-hybridized carbons (Fsp3) is 0.833. The minimum atomic E-state index is 0.737. The van der Waals surface area contributed by atoms with Crippen molar-refractivity contribution in [3.63, 3.8) is 0 Å². The van der Waals surface area contributed by atoms with Gasteiger partial charge in [0.2, 0.25) is 0 Å². The van der Waals surface area contributed by atoms with Gasteiger partial charge in [-0.15, -0.1) is 0 Å². The Kier molecular flexibility index (Phi) is 15.6. The molecule has 0 aliphatic rings. The lowest BCUT2D eigenvalue weighted by Gasteiger charge is -2.18. The van der Waals surface area contributed by atoms with Gasteiger partial charge in [0, 0.05) is 0 Å². The third-order valence-electron chi connectivity index (χ3n) is 5.88. The maximum absolute atomic E-state index is 2.44. The largest absolute Gasteiger partial charge is 0.0885 e. The second-order valence-electron chi connectivity index (χ2n) is 8.11. The SMILES string of the molecule is CCCCC=CCC(C)C(C)CCCCCC=CC(C)C(C)CC. The molecule has 0 rings (SSSR count). The molecule has 0 aromatic carbocycles. The summed E-state index contributed by atoms with van der Waals surface area (Å²) >= 11 is 0. The zero-order chi connectivity index (χ0) is 18.2. The van der Waals surface area contributed by atoms with Gasteiger partial charge in [0.1, 0.15) is 0 Å². The molecule has 0 fully saturated rings. The predicted octanol–water partition coefficient (Wildman–Crippen LogP) is 8.58.